The summed E-state index contributed by atoms with van der Waals surface area (Å²) in [6.07, 6.45) is 0. The summed E-state index contributed by atoms with van der Waals surface area (Å²) in [6.45, 7) is 8.81. The molecule has 0 atom stereocenters. The lowest BCUT2D eigenvalue weighted by Crippen LogP contribution is -2.40. The molecule has 0 fully saturated rings. The van der Waals surface area contributed by atoms with Crippen molar-refractivity contribution in [3.8, 4) is 0 Å². The number of hydrogen-bond acceptors (Lipinski definition) is 4. The van der Waals surface area contributed by atoms with Gasteiger partial charge in [-0.2, -0.15) is 0 Å². The van der Waals surface area contributed by atoms with E-state index in [0.717, 1.165) is 0 Å². The van der Waals surface area contributed by atoms with Gasteiger partial charge in [0.2, 0.25) is 0 Å². The van der Waals surface area contributed by atoms with Crippen molar-refractivity contribution in [3.05, 3.63) is 35.9 Å². The molecule has 1 rings (SSSR count). The summed E-state index contributed by atoms with van der Waals surface area (Å²) in [5.74, 6) is -0.533. The van der Waals surface area contributed by atoms with E-state index in [4.69, 9.17) is 4.74 Å². The van der Waals surface area contributed by atoms with Gasteiger partial charge in [0, 0.05) is 18.7 Å². The van der Waals surface area contributed by atoms with Gasteiger partial charge in [-0.15, -0.1) is 0 Å². The zero-order valence-electron chi connectivity index (χ0n) is 15.5. The molecule has 0 saturated heterocycles. The van der Waals surface area contributed by atoms with E-state index in [1.54, 1.807) is 35.2 Å². The average Bonchev–Trinajstić information content (AvgIpc) is 2.56. The molecule has 138 valence electrons. The lowest BCUT2D eigenvalue weighted by molar-refractivity contribution is -0.151. The molecule has 1 N–H and O–H groups in total. The van der Waals surface area contributed by atoms with E-state index in [2.05, 4.69) is 5.32 Å². The number of amides is 2. The molecule has 25 heavy (non-hydrogen) atoms. The van der Waals surface area contributed by atoms with Crippen molar-refractivity contribution in [2.24, 2.45) is 11.8 Å². The highest BCUT2D eigenvalue weighted by atomic mass is 16.5. The van der Waals surface area contributed by atoms with Gasteiger partial charge >= 0.3 is 5.97 Å². The van der Waals surface area contributed by atoms with Crippen LogP contribution in [0.1, 0.15) is 38.1 Å². The summed E-state index contributed by atoms with van der Waals surface area (Å²) in [5.41, 5.74) is 0.464. The molecule has 2 amide bonds. The van der Waals surface area contributed by atoms with Gasteiger partial charge in [0.25, 0.3) is 11.8 Å². The maximum Gasteiger partial charge on any atom is 0.325 e. The van der Waals surface area contributed by atoms with Crippen LogP contribution in [0, 0.1) is 11.8 Å². The minimum Gasteiger partial charge on any atom is -0.454 e. The predicted octanol–water partition coefficient (Wildman–Crippen LogP) is 2.10. The first-order valence-electron chi connectivity index (χ1n) is 8.56. The van der Waals surface area contributed by atoms with Crippen LogP contribution in [-0.2, 0) is 14.3 Å². The molecule has 0 aliphatic rings. The van der Waals surface area contributed by atoms with Crippen molar-refractivity contribution in [2.45, 2.75) is 27.7 Å². The van der Waals surface area contributed by atoms with Crippen LogP contribution in [0.25, 0.3) is 0 Å². The Morgan fingerprint density at radius 1 is 1.00 bits per heavy atom. The van der Waals surface area contributed by atoms with Crippen molar-refractivity contribution < 1.29 is 19.1 Å². The number of carbonyl (C=O) groups is 3. The largest absolute Gasteiger partial charge is 0.454 e. The molecule has 1 aromatic carbocycles. The van der Waals surface area contributed by atoms with E-state index >= 15 is 0 Å². The van der Waals surface area contributed by atoms with E-state index in [1.807, 2.05) is 27.7 Å². The van der Waals surface area contributed by atoms with E-state index in [-0.39, 0.29) is 25.0 Å². The van der Waals surface area contributed by atoms with Gasteiger partial charge in [-0.3, -0.25) is 14.4 Å². The topological polar surface area (TPSA) is 75.7 Å². The third-order valence-corrected chi connectivity index (χ3v) is 3.31. The molecular weight excluding hydrogens is 320 g/mol. The molecule has 0 aliphatic heterocycles. The van der Waals surface area contributed by atoms with Crippen LogP contribution in [0.15, 0.2) is 30.3 Å². The molecule has 0 unspecified atom stereocenters. The third kappa shape index (κ3) is 8.33. The number of nitrogens with one attached hydrogen (secondary N) is 1. The molecule has 0 heterocycles. The van der Waals surface area contributed by atoms with Crippen LogP contribution in [-0.4, -0.2) is 48.9 Å². The summed E-state index contributed by atoms with van der Waals surface area (Å²) < 4.78 is 4.99. The first-order chi connectivity index (χ1) is 11.8. The fourth-order valence-corrected chi connectivity index (χ4v) is 2.29. The summed E-state index contributed by atoms with van der Waals surface area (Å²) in [6, 6.07) is 8.59. The Balaban J connectivity index is 2.40. The zero-order valence-corrected chi connectivity index (χ0v) is 15.5. The molecule has 6 nitrogen and oxygen atoms in total. The standard InChI is InChI=1S/C19H28N2O4/c1-14(2)11-21(12-15(3)4)17(22)13-25-18(23)10-20-19(24)16-8-6-5-7-9-16/h5-9,14-15H,10-13H2,1-4H3,(H,20,24). The van der Waals surface area contributed by atoms with Crippen LogP contribution in [0.3, 0.4) is 0 Å². The van der Waals surface area contributed by atoms with Crippen molar-refractivity contribution in [1.82, 2.24) is 10.2 Å². The minimum atomic E-state index is -0.633. The molecule has 0 aromatic heterocycles. The Labute approximate surface area is 149 Å². The molecule has 0 spiro atoms. The Morgan fingerprint density at radius 2 is 1.56 bits per heavy atom. The van der Waals surface area contributed by atoms with Gasteiger partial charge in [-0.1, -0.05) is 45.9 Å². The summed E-state index contributed by atoms with van der Waals surface area (Å²) in [7, 11) is 0. The minimum absolute atomic E-state index is 0.217. The van der Waals surface area contributed by atoms with Gasteiger partial charge in [0.15, 0.2) is 6.61 Å². The fourth-order valence-electron chi connectivity index (χ4n) is 2.29. The SMILES string of the molecule is CC(C)CN(CC(C)C)C(=O)COC(=O)CNC(=O)c1ccccc1. The normalized spacial score (nSPS) is 10.6. The monoisotopic (exact) mass is 348 g/mol. The first-order valence-corrected chi connectivity index (χ1v) is 8.56. The van der Waals surface area contributed by atoms with Crippen LogP contribution in [0.5, 0.6) is 0 Å². The summed E-state index contributed by atoms with van der Waals surface area (Å²) in [5, 5.41) is 2.48. The number of carbonyl (C=O) groups excluding carboxylic acids is 3. The number of hydrogen-bond donors (Lipinski definition) is 1. The second kappa shape index (κ2) is 10.5. The molecule has 0 saturated carbocycles. The van der Waals surface area contributed by atoms with E-state index in [0.29, 0.717) is 30.5 Å². The Kier molecular flexibility index (Phi) is 8.67. The van der Waals surface area contributed by atoms with Crippen LogP contribution >= 0.6 is 0 Å². The van der Waals surface area contributed by atoms with Crippen molar-refractivity contribution >= 4 is 17.8 Å². The predicted molar refractivity (Wildman–Crippen MR) is 96.0 cm³/mol. The second-order valence-electron chi connectivity index (χ2n) is 6.80. The van der Waals surface area contributed by atoms with Gasteiger partial charge in [0.05, 0.1) is 0 Å². The highest BCUT2D eigenvalue weighted by Crippen LogP contribution is 2.05. The lowest BCUT2D eigenvalue weighted by Gasteiger charge is -2.26. The third-order valence-electron chi connectivity index (χ3n) is 3.31. The Morgan fingerprint density at radius 3 is 2.08 bits per heavy atom. The Hall–Kier alpha value is -2.37. The van der Waals surface area contributed by atoms with Crippen molar-refractivity contribution in [3.63, 3.8) is 0 Å². The first kappa shape index (κ1) is 20.7. The van der Waals surface area contributed by atoms with Gasteiger partial charge in [-0.25, -0.2) is 0 Å². The average molecular weight is 348 g/mol. The van der Waals surface area contributed by atoms with Crippen LogP contribution in [0.2, 0.25) is 0 Å². The van der Waals surface area contributed by atoms with E-state index in [1.165, 1.54) is 0 Å². The summed E-state index contributed by atoms with van der Waals surface area (Å²) >= 11 is 0. The maximum atomic E-state index is 12.2. The van der Waals surface area contributed by atoms with Gasteiger partial charge in [-0.05, 0) is 24.0 Å². The molecule has 6 heteroatoms. The quantitative estimate of drug-likeness (QED) is 0.694. The fraction of sp³-hybridized carbons (Fsp3) is 0.526. The van der Waals surface area contributed by atoms with Crippen LogP contribution < -0.4 is 5.32 Å². The smallest absolute Gasteiger partial charge is 0.325 e. The lowest BCUT2D eigenvalue weighted by atomic mass is 10.1. The molecule has 1 aromatic rings. The number of rotatable bonds is 9. The molecule has 0 bridgehead atoms. The number of ether oxygens (including phenoxy) is 1. The zero-order chi connectivity index (χ0) is 18.8. The summed E-state index contributed by atoms with van der Waals surface area (Å²) in [4.78, 5) is 37.5. The Bertz CT molecular complexity index is 560. The van der Waals surface area contributed by atoms with Crippen molar-refractivity contribution in [2.75, 3.05) is 26.2 Å². The van der Waals surface area contributed by atoms with E-state index in [9.17, 15) is 14.4 Å². The number of nitrogens with zero attached hydrogens (tertiary/aromatic N) is 1. The number of esters is 1. The molecular formula is C19H28N2O4. The highest BCUT2D eigenvalue weighted by molar-refractivity contribution is 5.96. The molecule has 0 radical (unpaired) electrons. The van der Waals surface area contributed by atoms with Gasteiger partial charge in [0.1, 0.15) is 6.54 Å². The van der Waals surface area contributed by atoms with Gasteiger partial charge < -0.3 is 15.0 Å². The highest BCUT2D eigenvalue weighted by Gasteiger charge is 2.18. The van der Waals surface area contributed by atoms with Crippen molar-refractivity contribution in [1.29, 1.82) is 0 Å². The maximum absolute atomic E-state index is 12.2. The number of benzene rings is 1. The second-order valence-corrected chi connectivity index (χ2v) is 6.80. The van der Waals surface area contributed by atoms with Crippen LogP contribution in [0.4, 0.5) is 0 Å². The molecule has 0 aliphatic carbocycles. The van der Waals surface area contributed by atoms with E-state index < -0.39 is 5.97 Å².